The van der Waals surface area contributed by atoms with E-state index >= 15 is 0 Å². The molecule has 1 aromatic rings. The van der Waals surface area contributed by atoms with Crippen LogP contribution in [0, 0.1) is 17.2 Å². The fourth-order valence-corrected chi connectivity index (χ4v) is 2.68. The van der Waals surface area contributed by atoms with Gasteiger partial charge in [-0.05, 0) is 25.0 Å². The summed E-state index contributed by atoms with van der Waals surface area (Å²) in [5.41, 5.74) is 0. The molecule has 0 saturated heterocycles. The van der Waals surface area contributed by atoms with E-state index < -0.39 is 10.0 Å². The van der Waals surface area contributed by atoms with Gasteiger partial charge in [-0.15, -0.1) is 0 Å². The number of sulfonamides is 1. The molecule has 3 N–H and O–H groups in total. The summed E-state index contributed by atoms with van der Waals surface area (Å²) in [6, 6.07) is 5.33. The van der Waals surface area contributed by atoms with Gasteiger partial charge in [0.15, 0.2) is 0 Å². The highest BCUT2D eigenvalue weighted by Gasteiger charge is 2.26. The summed E-state index contributed by atoms with van der Waals surface area (Å²) in [6.07, 6.45) is 2.91. The molecule has 2 rings (SSSR count). The van der Waals surface area contributed by atoms with Gasteiger partial charge >= 0.3 is 0 Å². The molecule has 0 radical (unpaired) electrons. The summed E-state index contributed by atoms with van der Waals surface area (Å²) < 4.78 is 27.2. The molecule has 0 amide bonds. The highest BCUT2D eigenvalue weighted by atomic mass is 32.2. The van der Waals surface area contributed by atoms with Crippen LogP contribution < -0.4 is 10.5 Å². The number of furan rings is 1. The van der Waals surface area contributed by atoms with Crippen LogP contribution in [-0.4, -0.2) is 14.5 Å². The number of rotatable bonds is 4. The van der Waals surface area contributed by atoms with Crippen LogP contribution in [-0.2, 0) is 16.6 Å². The van der Waals surface area contributed by atoms with Gasteiger partial charge < -0.3 is 9.73 Å². The Morgan fingerprint density at radius 1 is 1.50 bits per heavy atom. The van der Waals surface area contributed by atoms with Crippen LogP contribution in [0.1, 0.15) is 25.0 Å². The average Bonchev–Trinajstić information content (AvgIpc) is 2.94. The molecule has 0 bridgehead atoms. The van der Waals surface area contributed by atoms with Crippen molar-refractivity contribution in [2.75, 3.05) is 0 Å². The van der Waals surface area contributed by atoms with Gasteiger partial charge in [0.1, 0.15) is 5.76 Å². The Balaban J connectivity index is 1.95. The maximum absolute atomic E-state index is 11.0. The van der Waals surface area contributed by atoms with Gasteiger partial charge in [-0.2, -0.15) is 5.26 Å². The van der Waals surface area contributed by atoms with Crippen LogP contribution in [0.25, 0.3) is 0 Å². The van der Waals surface area contributed by atoms with Crippen molar-refractivity contribution in [1.29, 1.82) is 5.26 Å². The highest BCUT2D eigenvalue weighted by molar-refractivity contribution is 7.89. The highest BCUT2D eigenvalue weighted by Crippen LogP contribution is 2.25. The third-order valence-corrected chi connectivity index (χ3v) is 3.92. The van der Waals surface area contributed by atoms with Crippen LogP contribution >= 0.6 is 0 Å². The number of nitrogens with zero attached hydrogens (tertiary/aromatic N) is 1. The summed E-state index contributed by atoms with van der Waals surface area (Å²) in [5, 5.41) is 16.9. The lowest BCUT2D eigenvalue weighted by Crippen LogP contribution is -2.31. The minimum Gasteiger partial charge on any atom is -0.447 e. The summed E-state index contributed by atoms with van der Waals surface area (Å²) in [6.45, 7) is 0.401. The number of hydrogen-bond donors (Lipinski definition) is 2. The molecule has 1 aliphatic rings. The average molecular weight is 269 g/mol. The Morgan fingerprint density at radius 2 is 2.28 bits per heavy atom. The third kappa shape index (κ3) is 2.90. The van der Waals surface area contributed by atoms with Gasteiger partial charge in [0.2, 0.25) is 5.09 Å². The molecule has 1 aromatic heterocycles. The summed E-state index contributed by atoms with van der Waals surface area (Å²) >= 11 is 0. The van der Waals surface area contributed by atoms with Crippen LogP contribution in [0.5, 0.6) is 0 Å². The Kier molecular flexibility index (Phi) is 3.71. The second kappa shape index (κ2) is 5.10. The molecule has 2 unspecified atom stereocenters. The fourth-order valence-electron chi connectivity index (χ4n) is 2.20. The predicted octanol–water partition coefficient (Wildman–Crippen LogP) is 0.709. The molecule has 0 aromatic carbocycles. The minimum absolute atomic E-state index is 0.0256. The van der Waals surface area contributed by atoms with E-state index in [0.29, 0.717) is 12.3 Å². The van der Waals surface area contributed by atoms with Gasteiger partial charge in [0, 0.05) is 6.04 Å². The molecular weight excluding hydrogens is 254 g/mol. The first-order chi connectivity index (χ1) is 8.50. The Morgan fingerprint density at radius 3 is 2.89 bits per heavy atom. The van der Waals surface area contributed by atoms with E-state index in [2.05, 4.69) is 11.4 Å². The van der Waals surface area contributed by atoms with Crippen LogP contribution in [0.4, 0.5) is 0 Å². The maximum atomic E-state index is 11.0. The summed E-state index contributed by atoms with van der Waals surface area (Å²) in [7, 11) is -3.78. The van der Waals surface area contributed by atoms with Gasteiger partial charge in [-0.3, -0.25) is 0 Å². The largest absolute Gasteiger partial charge is 0.447 e. The first-order valence-corrected chi connectivity index (χ1v) is 7.30. The van der Waals surface area contributed by atoms with Gasteiger partial charge in [0.05, 0.1) is 18.5 Å². The van der Waals surface area contributed by atoms with Crippen molar-refractivity contribution < 1.29 is 12.8 Å². The zero-order valence-electron chi connectivity index (χ0n) is 9.80. The van der Waals surface area contributed by atoms with E-state index in [9.17, 15) is 8.42 Å². The van der Waals surface area contributed by atoms with Crippen molar-refractivity contribution in [3.8, 4) is 6.07 Å². The molecule has 0 aliphatic heterocycles. The van der Waals surface area contributed by atoms with E-state index in [4.69, 9.17) is 14.8 Å². The molecular formula is C11H15N3O3S. The zero-order chi connectivity index (χ0) is 13.2. The lowest BCUT2D eigenvalue weighted by molar-refractivity contribution is 0.378. The first-order valence-electron chi connectivity index (χ1n) is 5.75. The van der Waals surface area contributed by atoms with E-state index in [0.717, 1.165) is 19.3 Å². The SMILES string of the molecule is N#CC1CCCC1NCc1ccc(S(N)(=O)=O)o1. The second-order valence-corrected chi connectivity index (χ2v) is 5.91. The number of nitrogens with two attached hydrogens (primary N) is 1. The van der Waals surface area contributed by atoms with Gasteiger partial charge in [-0.1, -0.05) is 6.42 Å². The quantitative estimate of drug-likeness (QED) is 0.836. The Labute approximate surface area is 106 Å². The van der Waals surface area contributed by atoms with E-state index in [-0.39, 0.29) is 17.1 Å². The molecule has 1 fully saturated rings. The second-order valence-electron chi connectivity index (χ2n) is 4.42. The Bertz CT molecular complexity index is 558. The standard InChI is InChI=1S/C11H15N3O3S/c12-6-8-2-1-3-10(8)14-7-9-4-5-11(17-9)18(13,15)16/h4-5,8,10,14H,1-3,7H2,(H2,13,15,16). The fraction of sp³-hybridized carbons (Fsp3) is 0.545. The van der Waals surface area contributed by atoms with Crippen molar-refractivity contribution in [2.45, 2.75) is 36.9 Å². The van der Waals surface area contributed by atoms with Crippen molar-refractivity contribution in [1.82, 2.24) is 5.32 Å². The topological polar surface area (TPSA) is 109 Å². The Hall–Kier alpha value is -1.36. The smallest absolute Gasteiger partial charge is 0.271 e. The van der Waals surface area contributed by atoms with Gasteiger partial charge in [0.25, 0.3) is 10.0 Å². The maximum Gasteiger partial charge on any atom is 0.271 e. The van der Waals surface area contributed by atoms with Crippen molar-refractivity contribution in [3.05, 3.63) is 17.9 Å². The van der Waals surface area contributed by atoms with Crippen LogP contribution in [0.3, 0.4) is 0 Å². The summed E-state index contributed by atoms with van der Waals surface area (Å²) in [5.74, 6) is 0.528. The molecule has 0 spiro atoms. The molecule has 1 saturated carbocycles. The molecule has 7 heteroatoms. The van der Waals surface area contributed by atoms with E-state index in [1.54, 1.807) is 6.07 Å². The minimum atomic E-state index is -3.78. The molecule has 2 atom stereocenters. The number of nitriles is 1. The number of nitrogens with one attached hydrogen (secondary N) is 1. The molecule has 6 nitrogen and oxygen atoms in total. The lowest BCUT2D eigenvalue weighted by Gasteiger charge is -2.14. The molecule has 1 aliphatic carbocycles. The number of primary sulfonamides is 1. The number of hydrogen-bond acceptors (Lipinski definition) is 5. The molecule has 18 heavy (non-hydrogen) atoms. The normalized spacial score (nSPS) is 24.0. The van der Waals surface area contributed by atoms with Crippen molar-refractivity contribution in [3.63, 3.8) is 0 Å². The van der Waals surface area contributed by atoms with Crippen LogP contribution in [0.2, 0.25) is 0 Å². The first kappa shape index (κ1) is 13.1. The lowest BCUT2D eigenvalue weighted by atomic mass is 10.1. The van der Waals surface area contributed by atoms with Gasteiger partial charge in [-0.25, -0.2) is 13.6 Å². The van der Waals surface area contributed by atoms with Crippen LogP contribution in [0.15, 0.2) is 21.6 Å². The van der Waals surface area contributed by atoms with Crippen molar-refractivity contribution in [2.24, 2.45) is 11.1 Å². The van der Waals surface area contributed by atoms with Crippen molar-refractivity contribution >= 4 is 10.0 Å². The molecule has 1 heterocycles. The molecule has 98 valence electrons. The van der Waals surface area contributed by atoms with E-state index in [1.165, 1.54) is 6.07 Å². The summed E-state index contributed by atoms with van der Waals surface area (Å²) in [4.78, 5) is 0. The third-order valence-electron chi connectivity index (χ3n) is 3.14. The monoisotopic (exact) mass is 269 g/mol. The predicted molar refractivity (Wildman–Crippen MR) is 63.7 cm³/mol. The zero-order valence-corrected chi connectivity index (χ0v) is 10.6. The van der Waals surface area contributed by atoms with E-state index in [1.807, 2.05) is 0 Å².